The Morgan fingerprint density at radius 2 is 2.00 bits per heavy atom. The smallest absolute Gasteiger partial charge is 0.127 e. The van der Waals surface area contributed by atoms with Crippen LogP contribution in [-0.4, -0.2) is 4.98 Å². The molecule has 0 bridgehead atoms. The average Bonchev–Trinajstić information content (AvgIpc) is 2.15. The summed E-state index contributed by atoms with van der Waals surface area (Å²) in [6.45, 7) is 1.91. The molecule has 4 heteroatoms. The molecular weight excluding hydrogens is 219 g/mol. The van der Waals surface area contributed by atoms with Gasteiger partial charge in [-0.05, 0) is 24.6 Å². The second-order valence-corrected chi connectivity index (χ2v) is 3.91. The van der Waals surface area contributed by atoms with E-state index in [1.165, 1.54) is 0 Å². The number of halogens is 2. The highest BCUT2D eigenvalue weighted by atomic mass is 35.5. The maximum atomic E-state index is 6.00. The SMILES string of the molecule is Cc1cc2ccc(Cl)c(Cl)c2nc1N. The summed E-state index contributed by atoms with van der Waals surface area (Å²) in [6, 6.07) is 5.58. The zero-order valence-electron chi connectivity index (χ0n) is 7.51. The van der Waals surface area contributed by atoms with Gasteiger partial charge >= 0.3 is 0 Å². The summed E-state index contributed by atoms with van der Waals surface area (Å²) in [6.07, 6.45) is 0. The van der Waals surface area contributed by atoms with Crippen molar-refractivity contribution in [1.82, 2.24) is 4.98 Å². The molecule has 1 aromatic heterocycles. The van der Waals surface area contributed by atoms with Crippen molar-refractivity contribution in [2.45, 2.75) is 6.92 Å². The van der Waals surface area contributed by atoms with Crippen LogP contribution in [0.25, 0.3) is 10.9 Å². The van der Waals surface area contributed by atoms with Crippen molar-refractivity contribution in [2.24, 2.45) is 0 Å². The number of fused-ring (bicyclic) bond motifs is 1. The molecule has 0 aliphatic rings. The highest BCUT2D eigenvalue weighted by Gasteiger charge is 2.06. The molecule has 0 atom stereocenters. The van der Waals surface area contributed by atoms with Gasteiger partial charge in [0.05, 0.1) is 15.6 Å². The molecule has 0 unspecified atom stereocenters. The molecule has 1 heterocycles. The molecule has 0 saturated carbocycles. The summed E-state index contributed by atoms with van der Waals surface area (Å²) >= 11 is 11.9. The largest absolute Gasteiger partial charge is 0.383 e. The fraction of sp³-hybridized carbons (Fsp3) is 0.100. The summed E-state index contributed by atoms with van der Waals surface area (Å²) in [4.78, 5) is 4.20. The quantitative estimate of drug-likeness (QED) is 0.748. The molecule has 14 heavy (non-hydrogen) atoms. The highest BCUT2D eigenvalue weighted by molar-refractivity contribution is 6.45. The summed E-state index contributed by atoms with van der Waals surface area (Å²) in [5, 5.41) is 1.90. The molecule has 72 valence electrons. The number of nitrogens with two attached hydrogens (primary N) is 1. The van der Waals surface area contributed by atoms with Crippen molar-refractivity contribution in [1.29, 1.82) is 0 Å². The predicted octanol–water partition coefficient (Wildman–Crippen LogP) is 3.43. The summed E-state index contributed by atoms with van der Waals surface area (Å²) in [7, 11) is 0. The van der Waals surface area contributed by atoms with Crippen LogP contribution in [0.4, 0.5) is 5.82 Å². The minimum Gasteiger partial charge on any atom is -0.383 e. The van der Waals surface area contributed by atoms with Crippen LogP contribution in [-0.2, 0) is 0 Å². The molecule has 0 aliphatic carbocycles. The van der Waals surface area contributed by atoms with Crippen molar-refractivity contribution >= 4 is 39.9 Å². The van der Waals surface area contributed by atoms with Gasteiger partial charge in [-0.3, -0.25) is 0 Å². The van der Waals surface area contributed by atoms with Gasteiger partial charge < -0.3 is 5.73 Å². The Bertz CT molecular complexity index is 509. The van der Waals surface area contributed by atoms with Crippen molar-refractivity contribution in [3.63, 3.8) is 0 Å². The van der Waals surface area contributed by atoms with E-state index >= 15 is 0 Å². The molecule has 2 aromatic rings. The van der Waals surface area contributed by atoms with Crippen LogP contribution in [0.5, 0.6) is 0 Å². The van der Waals surface area contributed by atoms with Crippen molar-refractivity contribution in [2.75, 3.05) is 5.73 Å². The molecule has 0 fully saturated rings. The second-order valence-electron chi connectivity index (χ2n) is 3.12. The van der Waals surface area contributed by atoms with E-state index in [2.05, 4.69) is 4.98 Å². The van der Waals surface area contributed by atoms with Crippen LogP contribution >= 0.6 is 23.2 Å². The van der Waals surface area contributed by atoms with Gasteiger partial charge in [0, 0.05) is 5.39 Å². The Morgan fingerprint density at radius 1 is 1.29 bits per heavy atom. The van der Waals surface area contributed by atoms with Gasteiger partial charge in [0.2, 0.25) is 0 Å². The Morgan fingerprint density at radius 3 is 2.71 bits per heavy atom. The first-order valence-electron chi connectivity index (χ1n) is 4.10. The highest BCUT2D eigenvalue weighted by Crippen LogP contribution is 2.30. The zero-order chi connectivity index (χ0) is 10.3. The first-order valence-corrected chi connectivity index (χ1v) is 4.86. The van der Waals surface area contributed by atoms with Gasteiger partial charge in [-0.25, -0.2) is 4.98 Å². The van der Waals surface area contributed by atoms with Gasteiger partial charge in [0.1, 0.15) is 5.82 Å². The first-order chi connectivity index (χ1) is 6.59. The number of hydrogen-bond acceptors (Lipinski definition) is 2. The lowest BCUT2D eigenvalue weighted by molar-refractivity contribution is 1.34. The number of anilines is 1. The number of nitrogen functional groups attached to an aromatic ring is 1. The van der Waals surface area contributed by atoms with Gasteiger partial charge in [-0.1, -0.05) is 29.3 Å². The lowest BCUT2D eigenvalue weighted by Gasteiger charge is -2.05. The average molecular weight is 227 g/mol. The van der Waals surface area contributed by atoms with Gasteiger partial charge in [-0.15, -0.1) is 0 Å². The summed E-state index contributed by atoms with van der Waals surface area (Å²) < 4.78 is 0. The van der Waals surface area contributed by atoms with Crippen LogP contribution < -0.4 is 5.73 Å². The van der Waals surface area contributed by atoms with Crippen molar-refractivity contribution < 1.29 is 0 Å². The molecule has 0 amide bonds. The van der Waals surface area contributed by atoms with E-state index in [1.807, 2.05) is 19.1 Å². The topological polar surface area (TPSA) is 38.9 Å². The normalized spacial score (nSPS) is 10.8. The maximum Gasteiger partial charge on any atom is 0.127 e. The molecule has 2 N–H and O–H groups in total. The Kier molecular flexibility index (Phi) is 2.25. The number of nitrogens with zero attached hydrogens (tertiary/aromatic N) is 1. The van der Waals surface area contributed by atoms with Crippen molar-refractivity contribution in [3.05, 3.63) is 33.8 Å². The molecule has 2 nitrogen and oxygen atoms in total. The third kappa shape index (κ3) is 1.41. The lowest BCUT2D eigenvalue weighted by Crippen LogP contribution is -1.94. The fourth-order valence-electron chi connectivity index (χ4n) is 1.30. The van der Waals surface area contributed by atoms with Crippen LogP contribution in [0.2, 0.25) is 10.0 Å². The van der Waals surface area contributed by atoms with E-state index in [9.17, 15) is 0 Å². The number of aromatic nitrogens is 1. The molecule has 0 saturated heterocycles. The number of pyridine rings is 1. The van der Waals surface area contributed by atoms with Gasteiger partial charge in [-0.2, -0.15) is 0 Å². The monoisotopic (exact) mass is 226 g/mol. The van der Waals surface area contributed by atoms with E-state index in [1.54, 1.807) is 6.07 Å². The Hall–Kier alpha value is -0.990. The Labute approximate surface area is 91.6 Å². The van der Waals surface area contributed by atoms with E-state index in [4.69, 9.17) is 28.9 Å². The minimum atomic E-state index is 0.455. The number of benzene rings is 1. The van der Waals surface area contributed by atoms with E-state index < -0.39 is 0 Å². The van der Waals surface area contributed by atoms with E-state index in [-0.39, 0.29) is 0 Å². The standard InChI is InChI=1S/C10H8Cl2N2/c1-5-4-6-2-3-7(11)8(12)9(6)14-10(5)13/h2-4H,1H3,(H2,13,14). The summed E-state index contributed by atoms with van der Waals surface area (Å²) in [5.74, 6) is 0.488. The number of hydrogen-bond donors (Lipinski definition) is 1. The van der Waals surface area contributed by atoms with Gasteiger partial charge in [0.15, 0.2) is 0 Å². The Balaban J connectivity index is 2.89. The van der Waals surface area contributed by atoms with Crippen LogP contribution in [0.1, 0.15) is 5.56 Å². The molecular formula is C10H8Cl2N2. The number of rotatable bonds is 0. The zero-order valence-corrected chi connectivity index (χ0v) is 9.02. The lowest BCUT2D eigenvalue weighted by atomic mass is 10.1. The maximum absolute atomic E-state index is 6.00. The minimum absolute atomic E-state index is 0.455. The summed E-state index contributed by atoms with van der Waals surface area (Å²) in [5.41, 5.74) is 7.29. The third-order valence-corrected chi connectivity index (χ3v) is 2.90. The third-order valence-electron chi connectivity index (χ3n) is 2.11. The van der Waals surface area contributed by atoms with E-state index in [0.717, 1.165) is 10.9 Å². The molecule has 2 rings (SSSR count). The van der Waals surface area contributed by atoms with Crippen molar-refractivity contribution in [3.8, 4) is 0 Å². The first kappa shape index (κ1) is 9.56. The molecule has 1 aromatic carbocycles. The molecule has 0 aliphatic heterocycles. The fourth-order valence-corrected chi connectivity index (χ4v) is 1.67. The predicted molar refractivity (Wildman–Crippen MR) is 60.9 cm³/mol. The molecule has 0 radical (unpaired) electrons. The van der Waals surface area contributed by atoms with Gasteiger partial charge in [0.25, 0.3) is 0 Å². The molecule has 0 spiro atoms. The second kappa shape index (κ2) is 3.30. The van der Waals surface area contributed by atoms with E-state index in [0.29, 0.717) is 21.4 Å². The van der Waals surface area contributed by atoms with Crippen LogP contribution in [0.3, 0.4) is 0 Å². The number of aryl methyl sites for hydroxylation is 1. The van der Waals surface area contributed by atoms with Crippen LogP contribution in [0.15, 0.2) is 18.2 Å². The van der Waals surface area contributed by atoms with Crippen LogP contribution in [0, 0.1) is 6.92 Å².